The number of fused-ring (bicyclic) bond motifs is 1. The Balaban J connectivity index is 1.44. The zero-order valence-electron chi connectivity index (χ0n) is 17.5. The van der Waals surface area contributed by atoms with Crippen LogP contribution in [0.25, 0.3) is 22.6 Å². The summed E-state index contributed by atoms with van der Waals surface area (Å²) in [5, 5.41) is 5.86. The molecular weight excluding hydrogens is 426 g/mol. The molecule has 1 heterocycles. The Hall–Kier alpha value is -3.91. The Kier molecular flexibility index (Phi) is 6.32. The third-order valence-electron chi connectivity index (χ3n) is 4.62. The minimum Gasteiger partial charge on any atom is -0.497 e. The molecule has 0 fully saturated rings. The third-order valence-corrected chi connectivity index (χ3v) is 4.82. The van der Waals surface area contributed by atoms with Gasteiger partial charge in [-0.15, -0.1) is 0 Å². The quantitative estimate of drug-likeness (QED) is 0.401. The van der Waals surface area contributed by atoms with Gasteiger partial charge in [0, 0.05) is 16.8 Å². The largest absolute Gasteiger partial charge is 0.497 e. The lowest BCUT2D eigenvalue weighted by Crippen LogP contribution is -2.34. The number of thiocarbonyl (C=S) groups is 1. The number of ether oxygens (including phenoxy) is 2. The number of hydrogen-bond acceptors (Lipinski definition) is 6. The van der Waals surface area contributed by atoms with Gasteiger partial charge >= 0.3 is 0 Å². The van der Waals surface area contributed by atoms with Crippen LogP contribution in [0.3, 0.4) is 0 Å². The smallest absolute Gasteiger partial charge is 0.257 e. The summed E-state index contributed by atoms with van der Waals surface area (Å²) < 4.78 is 16.5. The van der Waals surface area contributed by atoms with Crippen molar-refractivity contribution < 1.29 is 18.7 Å². The number of nitrogens with one attached hydrogen (secondary N) is 2. The summed E-state index contributed by atoms with van der Waals surface area (Å²) in [7, 11) is 1.61. The van der Waals surface area contributed by atoms with E-state index in [1.807, 2.05) is 31.2 Å². The molecule has 32 heavy (non-hydrogen) atoms. The van der Waals surface area contributed by atoms with E-state index in [2.05, 4.69) is 15.6 Å². The molecule has 0 saturated carbocycles. The van der Waals surface area contributed by atoms with Gasteiger partial charge in [-0.3, -0.25) is 10.1 Å². The predicted molar refractivity (Wildman–Crippen MR) is 127 cm³/mol. The number of benzene rings is 3. The van der Waals surface area contributed by atoms with Crippen molar-refractivity contribution in [3.8, 4) is 23.0 Å². The van der Waals surface area contributed by atoms with Gasteiger partial charge in [0.2, 0.25) is 5.89 Å². The van der Waals surface area contributed by atoms with Crippen LogP contribution in [0.2, 0.25) is 0 Å². The minimum atomic E-state index is -0.312. The maximum Gasteiger partial charge on any atom is 0.257 e. The topological polar surface area (TPSA) is 85.6 Å². The molecular formula is C24H21N3O4S. The van der Waals surface area contributed by atoms with Crippen LogP contribution in [0.5, 0.6) is 11.5 Å². The number of carbonyl (C=O) groups is 1. The van der Waals surface area contributed by atoms with Gasteiger partial charge in [-0.25, -0.2) is 4.98 Å². The number of anilines is 1. The lowest BCUT2D eigenvalue weighted by Gasteiger charge is -2.10. The van der Waals surface area contributed by atoms with Gasteiger partial charge in [-0.05, 0) is 79.8 Å². The zero-order chi connectivity index (χ0) is 22.5. The van der Waals surface area contributed by atoms with Crippen molar-refractivity contribution >= 4 is 40.0 Å². The van der Waals surface area contributed by atoms with Crippen molar-refractivity contribution in [3.63, 3.8) is 0 Å². The Morgan fingerprint density at radius 2 is 1.88 bits per heavy atom. The molecule has 0 bridgehead atoms. The highest BCUT2D eigenvalue weighted by Crippen LogP contribution is 2.28. The molecule has 2 N–H and O–H groups in total. The molecule has 8 heteroatoms. The first-order valence-electron chi connectivity index (χ1n) is 9.96. The SMILES string of the molecule is CCOc1ccc(C(=O)NC(=S)Nc2ccc3oc(-c4cccc(OC)c4)nc3c2)cc1. The third kappa shape index (κ3) is 4.87. The first-order chi connectivity index (χ1) is 15.6. The fourth-order valence-corrected chi connectivity index (χ4v) is 3.30. The number of nitrogens with zero attached hydrogens (tertiary/aromatic N) is 1. The summed E-state index contributed by atoms with van der Waals surface area (Å²) >= 11 is 5.29. The second kappa shape index (κ2) is 9.49. The molecule has 0 spiro atoms. The summed E-state index contributed by atoms with van der Waals surface area (Å²) in [6, 6.07) is 19.8. The molecule has 0 radical (unpaired) electrons. The molecule has 1 aromatic heterocycles. The normalized spacial score (nSPS) is 10.6. The van der Waals surface area contributed by atoms with E-state index in [0.29, 0.717) is 40.6 Å². The van der Waals surface area contributed by atoms with Gasteiger partial charge in [0.25, 0.3) is 5.91 Å². The molecule has 7 nitrogen and oxygen atoms in total. The van der Waals surface area contributed by atoms with E-state index in [4.69, 9.17) is 26.1 Å². The average Bonchev–Trinajstić information content (AvgIpc) is 3.23. The number of hydrogen-bond donors (Lipinski definition) is 2. The number of rotatable bonds is 6. The van der Waals surface area contributed by atoms with Crippen LogP contribution < -0.4 is 20.1 Å². The number of aromatic nitrogens is 1. The van der Waals surface area contributed by atoms with Crippen LogP contribution in [0, 0.1) is 0 Å². The highest BCUT2D eigenvalue weighted by Gasteiger charge is 2.12. The minimum absolute atomic E-state index is 0.180. The highest BCUT2D eigenvalue weighted by atomic mass is 32.1. The van der Waals surface area contributed by atoms with E-state index in [-0.39, 0.29) is 11.0 Å². The van der Waals surface area contributed by atoms with Crippen molar-refractivity contribution in [1.29, 1.82) is 0 Å². The van der Waals surface area contributed by atoms with Gasteiger partial charge < -0.3 is 19.2 Å². The Labute approximate surface area is 190 Å². The van der Waals surface area contributed by atoms with Crippen molar-refractivity contribution in [2.75, 3.05) is 19.0 Å². The summed E-state index contributed by atoms with van der Waals surface area (Å²) in [5.74, 6) is 1.61. The van der Waals surface area contributed by atoms with Crippen molar-refractivity contribution in [2.45, 2.75) is 6.92 Å². The van der Waals surface area contributed by atoms with Crippen LogP contribution in [-0.2, 0) is 0 Å². The molecule has 0 atom stereocenters. The van der Waals surface area contributed by atoms with Gasteiger partial charge in [0.15, 0.2) is 10.7 Å². The lowest BCUT2D eigenvalue weighted by molar-refractivity contribution is 0.0977. The van der Waals surface area contributed by atoms with Gasteiger partial charge in [0.1, 0.15) is 17.0 Å². The van der Waals surface area contributed by atoms with Crippen LogP contribution >= 0.6 is 12.2 Å². The van der Waals surface area contributed by atoms with Crippen molar-refractivity contribution in [2.24, 2.45) is 0 Å². The molecule has 0 aliphatic carbocycles. The Bertz CT molecular complexity index is 1270. The van der Waals surface area contributed by atoms with Gasteiger partial charge in [0.05, 0.1) is 13.7 Å². The molecule has 1 amide bonds. The van der Waals surface area contributed by atoms with Crippen LogP contribution in [0.1, 0.15) is 17.3 Å². The molecule has 3 aromatic carbocycles. The molecule has 4 aromatic rings. The molecule has 0 aliphatic heterocycles. The highest BCUT2D eigenvalue weighted by molar-refractivity contribution is 7.80. The molecule has 0 aliphatic rings. The maximum absolute atomic E-state index is 12.4. The molecule has 4 rings (SSSR count). The van der Waals surface area contributed by atoms with Crippen LogP contribution in [0.15, 0.2) is 71.1 Å². The fourth-order valence-electron chi connectivity index (χ4n) is 3.09. The Morgan fingerprint density at radius 1 is 1.06 bits per heavy atom. The van der Waals surface area contributed by atoms with E-state index in [0.717, 1.165) is 11.3 Å². The van der Waals surface area contributed by atoms with E-state index >= 15 is 0 Å². The van der Waals surface area contributed by atoms with Crippen LogP contribution in [0.4, 0.5) is 5.69 Å². The fraction of sp³-hybridized carbons (Fsp3) is 0.125. The van der Waals surface area contributed by atoms with Gasteiger partial charge in [-0.1, -0.05) is 6.07 Å². The molecule has 0 unspecified atom stereocenters. The van der Waals surface area contributed by atoms with E-state index < -0.39 is 0 Å². The predicted octanol–water partition coefficient (Wildman–Crippen LogP) is 5.03. The number of amides is 1. The Morgan fingerprint density at radius 3 is 2.62 bits per heavy atom. The monoisotopic (exact) mass is 447 g/mol. The standard InChI is InChI=1S/C24H21N3O4S/c1-3-30-18-10-7-15(8-11-18)22(28)27-24(32)25-17-9-12-21-20(14-17)26-23(31-21)16-5-4-6-19(13-16)29-2/h4-14H,3H2,1-2H3,(H2,25,27,28,32). The second-order valence-electron chi connectivity index (χ2n) is 6.80. The summed E-state index contributed by atoms with van der Waals surface area (Å²) in [4.78, 5) is 17.0. The van der Waals surface area contributed by atoms with Gasteiger partial charge in [-0.2, -0.15) is 0 Å². The average molecular weight is 448 g/mol. The summed E-state index contributed by atoms with van der Waals surface area (Å²) in [5.41, 5.74) is 3.27. The number of carbonyl (C=O) groups excluding carboxylic acids is 1. The first-order valence-corrected chi connectivity index (χ1v) is 10.4. The molecule has 162 valence electrons. The summed E-state index contributed by atoms with van der Waals surface area (Å²) in [6.45, 7) is 2.47. The maximum atomic E-state index is 12.4. The van der Waals surface area contributed by atoms with E-state index in [9.17, 15) is 4.79 Å². The molecule has 0 saturated heterocycles. The van der Waals surface area contributed by atoms with E-state index in [1.54, 1.807) is 49.6 Å². The van der Waals surface area contributed by atoms with Crippen molar-refractivity contribution in [1.82, 2.24) is 10.3 Å². The second-order valence-corrected chi connectivity index (χ2v) is 7.21. The number of methoxy groups -OCH3 is 1. The first kappa shape index (κ1) is 21.3. The lowest BCUT2D eigenvalue weighted by atomic mass is 10.2. The van der Waals surface area contributed by atoms with Crippen molar-refractivity contribution in [3.05, 3.63) is 72.3 Å². The number of oxazole rings is 1. The van der Waals surface area contributed by atoms with Crippen LogP contribution in [-0.4, -0.2) is 29.7 Å². The summed E-state index contributed by atoms with van der Waals surface area (Å²) in [6.07, 6.45) is 0. The zero-order valence-corrected chi connectivity index (χ0v) is 18.4. The van der Waals surface area contributed by atoms with E-state index in [1.165, 1.54) is 0 Å².